The van der Waals surface area contributed by atoms with Crippen LogP contribution in [0.4, 0.5) is 5.69 Å². The molecular formula is C22H22N4O3. The maximum Gasteiger partial charge on any atom is 0.346 e. The van der Waals surface area contributed by atoms with E-state index < -0.39 is 6.10 Å². The first kappa shape index (κ1) is 17.9. The Bertz CT molecular complexity index is 1100. The lowest BCUT2D eigenvalue weighted by Crippen LogP contribution is -2.34. The van der Waals surface area contributed by atoms with Gasteiger partial charge in [0.1, 0.15) is 6.10 Å². The van der Waals surface area contributed by atoms with Crippen molar-refractivity contribution in [1.29, 1.82) is 0 Å². The standard InChI is InChI=1S/C22H22N4O3/c27-20(24-11-10-17-8-4-5-9-18(17)24)14-19-21-23-26(15-16-6-2-1-3-7-16)22(28)25(21)12-13-29-19/h1-9,19H,10-15H2. The van der Waals surface area contributed by atoms with Gasteiger partial charge in [-0.1, -0.05) is 48.5 Å². The molecule has 0 saturated heterocycles. The molecule has 0 spiro atoms. The fraction of sp³-hybridized carbons (Fsp3) is 0.318. The molecule has 2 aromatic carbocycles. The molecule has 3 aromatic rings. The van der Waals surface area contributed by atoms with Crippen LogP contribution in [0.5, 0.6) is 0 Å². The minimum atomic E-state index is -0.506. The summed E-state index contributed by atoms with van der Waals surface area (Å²) in [5, 5.41) is 4.52. The summed E-state index contributed by atoms with van der Waals surface area (Å²) in [5.41, 5.74) is 3.01. The van der Waals surface area contributed by atoms with Gasteiger partial charge in [-0.05, 0) is 23.6 Å². The van der Waals surface area contributed by atoms with Crippen LogP contribution in [-0.2, 0) is 29.0 Å². The van der Waals surface area contributed by atoms with Crippen LogP contribution in [0.15, 0.2) is 59.4 Å². The number of hydrogen-bond acceptors (Lipinski definition) is 4. The van der Waals surface area contributed by atoms with Crippen LogP contribution in [0.3, 0.4) is 0 Å². The Morgan fingerprint density at radius 2 is 1.86 bits per heavy atom. The Labute approximate surface area is 168 Å². The third-order valence-electron chi connectivity index (χ3n) is 5.60. The van der Waals surface area contributed by atoms with Crippen molar-refractivity contribution in [3.8, 4) is 0 Å². The van der Waals surface area contributed by atoms with Crippen LogP contribution in [0, 0.1) is 0 Å². The van der Waals surface area contributed by atoms with E-state index in [-0.39, 0.29) is 18.0 Å². The number of rotatable bonds is 4. The van der Waals surface area contributed by atoms with E-state index in [1.54, 1.807) is 4.57 Å². The van der Waals surface area contributed by atoms with E-state index in [9.17, 15) is 9.59 Å². The summed E-state index contributed by atoms with van der Waals surface area (Å²) in [6, 6.07) is 17.7. The van der Waals surface area contributed by atoms with Crippen molar-refractivity contribution < 1.29 is 9.53 Å². The summed E-state index contributed by atoms with van der Waals surface area (Å²) in [5.74, 6) is 0.538. The third-order valence-corrected chi connectivity index (χ3v) is 5.60. The monoisotopic (exact) mass is 390 g/mol. The van der Waals surface area contributed by atoms with Gasteiger partial charge in [-0.25, -0.2) is 9.48 Å². The van der Waals surface area contributed by atoms with Gasteiger partial charge in [0.2, 0.25) is 5.91 Å². The maximum atomic E-state index is 13.0. The number of amides is 1. The van der Waals surface area contributed by atoms with Crippen molar-refractivity contribution in [1.82, 2.24) is 14.3 Å². The lowest BCUT2D eigenvalue weighted by Gasteiger charge is -2.25. The fourth-order valence-electron chi connectivity index (χ4n) is 4.14. The quantitative estimate of drug-likeness (QED) is 0.685. The van der Waals surface area contributed by atoms with Crippen LogP contribution in [0.25, 0.3) is 0 Å². The molecule has 1 amide bonds. The molecule has 29 heavy (non-hydrogen) atoms. The summed E-state index contributed by atoms with van der Waals surface area (Å²) in [4.78, 5) is 27.6. The van der Waals surface area contributed by atoms with Crippen molar-refractivity contribution >= 4 is 11.6 Å². The second kappa shape index (κ2) is 7.33. The van der Waals surface area contributed by atoms with Crippen LogP contribution < -0.4 is 10.6 Å². The Kier molecular flexibility index (Phi) is 4.52. The summed E-state index contributed by atoms with van der Waals surface area (Å²) >= 11 is 0. The second-order valence-corrected chi connectivity index (χ2v) is 7.42. The lowest BCUT2D eigenvalue weighted by molar-refractivity contribution is -0.122. The molecule has 0 bridgehead atoms. The van der Waals surface area contributed by atoms with Crippen LogP contribution in [-0.4, -0.2) is 33.4 Å². The van der Waals surface area contributed by atoms with Crippen LogP contribution in [0.1, 0.15) is 29.5 Å². The number of carbonyl (C=O) groups excluding carboxylic acids is 1. The average Bonchev–Trinajstić information content (AvgIpc) is 3.31. The molecule has 1 aromatic heterocycles. The van der Waals surface area contributed by atoms with Gasteiger partial charge in [-0.2, -0.15) is 5.10 Å². The number of hydrogen-bond donors (Lipinski definition) is 0. The van der Waals surface area contributed by atoms with Crippen molar-refractivity contribution in [2.75, 3.05) is 18.1 Å². The molecule has 0 saturated carbocycles. The van der Waals surface area contributed by atoms with Gasteiger partial charge in [0.05, 0.1) is 26.1 Å². The first-order chi connectivity index (χ1) is 14.2. The van der Waals surface area contributed by atoms with Gasteiger partial charge < -0.3 is 9.64 Å². The first-order valence-corrected chi connectivity index (χ1v) is 9.92. The molecule has 0 N–H and O–H groups in total. The van der Waals surface area contributed by atoms with Gasteiger partial charge in [-0.15, -0.1) is 0 Å². The fourth-order valence-corrected chi connectivity index (χ4v) is 4.14. The molecular weight excluding hydrogens is 368 g/mol. The third kappa shape index (κ3) is 3.27. The summed E-state index contributed by atoms with van der Waals surface area (Å²) in [6.45, 7) is 1.94. The van der Waals surface area contributed by atoms with Crippen LogP contribution >= 0.6 is 0 Å². The molecule has 2 aliphatic heterocycles. The van der Waals surface area contributed by atoms with Crippen molar-refractivity contribution in [2.45, 2.75) is 32.0 Å². The summed E-state index contributed by atoms with van der Waals surface area (Å²) in [6.07, 6.45) is 0.536. The second-order valence-electron chi connectivity index (χ2n) is 7.42. The largest absolute Gasteiger partial charge is 0.368 e. The SMILES string of the molecule is O=C(CC1OCCn2c1nn(Cc1ccccc1)c2=O)N1CCc2ccccc21. The van der Waals surface area contributed by atoms with Gasteiger partial charge >= 0.3 is 5.69 Å². The number of para-hydroxylation sites is 1. The van der Waals surface area contributed by atoms with E-state index in [4.69, 9.17) is 4.74 Å². The molecule has 148 valence electrons. The van der Waals surface area contributed by atoms with Crippen molar-refractivity contribution in [2.24, 2.45) is 0 Å². The number of benzene rings is 2. The van der Waals surface area contributed by atoms with Gasteiger partial charge in [0.15, 0.2) is 5.82 Å². The van der Waals surface area contributed by atoms with E-state index >= 15 is 0 Å². The smallest absolute Gasteiger partial charge is 0.346 e. The van der Waals surface area contributed by atoms with E-state index in [0.717, 1.165) is 17.7 Å². The van der Waals surface area contributed by atoms with Gasteiger partial charge in [0, 0.05) is 12.2 Å². The minimum absolute atomic E-state index is 0.00143. The van der Waals surface area contributed by atoms with E-state index in [0.29, 0.717) is 32.1 Å². The molecule has 5 rings (SSSR count). The highest BCUT2D eigenvalue weighted by Crippen LogP contribution is 2.30. The van der Waals surface area contributed by atoms with Crippen molar-refractivity contribution in [3.63, 3.8) is 0 Å². The minimum Gasteiger partial charge on any atom is -0.368 e. The normalized spacial score (nSPS) is 17.8. The molecule has 0 fully saturated rings. The van der Waals surface area contributed by atoms with Crippen molar-refractivity contribution in [3.05, 3.63) is 82.0 Å². The number of fused-ring (bicyclic) bond motifs is 2. The first-order valence-electron chi connectivity index (χ1n) is 9.92. The van der Waals surface area contributed by atoms with E-state index in [1.807, 2.05) is 53.4 Å². The van der Waals surface area contributed by atoms with Gasteiger partial charge in [0.25, 0.3) is 0 Å². The lowest BCUT2D eigenvalue weighted by atomic mass is 10.1. The molecule has 2 aliphatic rings. The number of aromatic nitrogens is 3. The number of anilines is 1. The zero-order chi connectivity index (χ0) is 19.8. The highest BCUT2D eigenvalue weighted by molar-refractivity contribution is 5.95. The topological polar surface area (TPSA) is 69.4 Å². The zero-order valence-corrected chi connectivity index (χ0v) is 16.0. The Hall–Kier alpha value is -3.19. The number of nitrogens with zero attached hydrogens (tertiary/aromatic N) is 4. The number of ether oxygens (including phenoxy) is 1. The Morgan fingerprint density at radius 1 is 1.07 bits per heavy atom. The van der Waals surface area contributed by atoms with E-state index in [2.05, 4.69) is 11.2 Å². The average molecular weight is 390 g/mol. The predicted octanol–water partition coefficient (Wildman–Crippen LogP) is 2.14. The van der Waals surface area contributed by atoms with Gasteiger partial charge in [-0.3, -0.25) is 9.36 Å². The summed E-state index contributed by atoms with van der Waals surface area (Å²) < 4.78 is 8.96. The Balaban J connectivity index is 1.38. The maximum absolute atomic E-state index is 13.0. The van der Waals surface area contributed by atoms with E-state index in [1.165, 1.54) is 10.2 Å². The molecule has 1 atom stereocenters. The van der Waals surface area contributed by atoms with Crippen LogP contribution in [0.2, 0.25) is 0 Å². The highest BCUT2D eigenvalue weighted by atomic mass is 16.5. The molecule has 3 heterocycles. The summed E-state index contributed by atoms with van der Waals surface area (Å²) in [7, 11) is 0. The zero-order valence-electron chi connectivity index (χ0n) is 16.0. The molecule has 7 heteroatoms. The molecule has 0 radical (unpaired) electrons. The molecule has 0 aliphatic carbocycles. The predicted molar refractivity (Wildman–Crippen MR) is 108 cm³/mol. The Morgan fingerprint density at radius 3 is 2.72 bits per heavy atom. The molecule has 7 nitrogen and oxygen atoms in total. The highest BCUT2D eigenvalue weighted by Gasteiger charge is 2.32. The number of carbonyl (C=O) groups is 1. The molecule has 1 unspecified atom stereocenters.